The predicted molar refractivity (Wildman–Crippen MR) is 101 cm³/mol. The summed E-state index contributed by atoms with van der Waals surface area (Å²) < 4.78 is 34.0. The van der Waals surface area contributed by atoms with Gasteiger partial charge in [-0.05, 0) is 58.4 Å². The molecule has 146 valence electrons. The van der Waals surface area contributed by atoms with Gasteiger partial charge in [0.2, 0.25) is 0 Å². The van der Waals surface area contributed by atoms with E-state index in [1.54, 1.807) is 39.0 Å². The lowest BCUT2D eigenvalue weighted by Crippen LogP contribution is -2.53. The molecule has 1 N–H and O–H groups in total. The van der Waals surface area contributed by atoms with Gasteiger partial charge in [-0.15, -0.1) is 0 Å². The van der Waals surface area contributed by atoms with Crippen molar-refractivity contribution in [2.75, 3.05) is 18.0 Å². The normalized spacial score (nSPS) is 20.6. The number of aryl methyl sites for hydroxylation is 1. The number of alkyl carbamates (subject to hydrolysis) is 1. The molecule has 3 rings (SSSR count). The van der Waals surface area contributed by atoms with Crippen LogP contribution in [0.15, 0.2) is 24.3 Å². The van der Waals surface area contributed by atoms with Crippen LogP contribution in [0.3, 0.4) is 0 Å². The molecule has 1 aliphatic rings. The highest BCUT2D eigenvalue weighted by Gasteiger charge is 2.32. The molecule has 1 amide bonds. The van der Waals surface area contributed by atoms with E-state index in [9.17, 15) is 13.6 Å². The van der Waals surface area contributed by atoms with E-state index in [0.717, 1.165) is 5.69 Å². The highest BCUT2D eigenvalue weighted by Crippen LogP contribution is 2.30. The zero-order chi connectivity index (χ0) is 19.8. The van der Waals surface area contributed by atoms with E-state index in [-0.39, 0.29) is 12.4 Å². The number of anilines is 1. The molecule has 1 aromatic carbocycles. The Bertz CT molecular complexity index is 851. The highest BCUT2D eigenvalue weighted by atomic mass is 19.1. The second kappa shape index (κ2) is 7.29. The molecule has 2 atom stereocenters. The third-order valence-corrected chi connectivity index (χ3v) is 4.51. The first kappa shape index (κ1) is 19.3. The minimum absolute atomic E-state index is 0.0941. The number of hydrogen-bond donors (Lipinski definition) is 1. The Labute approximate surface area is 157 Å². The fourth-order valence-electron chi connectivity index (χ4n) is 3.27. The lowest BCUT2D eigenvalue weighted by atomic mass is 10.0. The van der Waals surface area contributed by atoms with Gasteiger partial charge in [-0.3, -0.25) is 4.98 Å². The summed E-state index contributed by atoms with van der Waals surface area (Å²) in [4.78, 5) is 18.2. The zero-order valence-corrected chi connectivity index (χ0v) is 16.1. The molecule has 0 unspecified atom stereocenters. The maximum Gasteiger partial charge on any atom is 0.407 e. The van der Waals surface area contributed by atoms with Crippen LogP contribution in [0.25, 0.3) is 10.9 Å². The summed E-state index contributed by atoms with van der Waals surface area (Å²) in [6, 6.07) is 5.85. The number of aromatic nitrogens is 1. The largest absolute Gasteiger partial charge is 0.444 e. The number of nitrogens with one attached hydrogen (secondary N) is 1. The van der Waals surface area contributed by atoms with Crippen molar-refractivity contribution in [2.45, 2.75) is 51.9 Å². The first-order valence-electron chi connectivity index (χ1n) is 9.08. The molecule has 5 nitrogen and oxygen atoms in total. The molecule has 0 aliphatic carbocycles. The number of hydrogen-bond acceptors (Lipinski definition) is 4. The molecular formula is C20H25F2N3O2. The van der Waals surface area contributed by atoms with Crippen molar-refractivity contribution in [1.29, 1.82) is 0 Å². The van der Waals surface area contributed by atoms with Crippen molar-refractivity contribution >= 4 is 22.7 Å². The van der Waals surface area contributed by atoms with Crippen molar-refractivity contribution in [3.8, 4) is 0 Å². The van der Waals surface area contributed by atoms with Crippen molar-refractivity contribution in [3.05, 3.63) is 35.8 Å². The number of carbonyl (C=O) groups is 1. The van der Waals surface area contributed by atoms with Gasteiger partial charge in [-0.2, -0.15) is 0 Å². The predicted octanol–water partition coefficient (Wildman–Crippen LogP) is 4.12. The molecule has 1 aliphatic heterocycles. The van der Waals surface area contributed by atoms with Gasteiger partial charge in [0.25, 0.3) is 0 Å². The SMILES string of the molecule is Cc1ccc2c(F)ccc(N3CC[C@@H](NC(=O)OC(C)(C)C)[C@H](F)C3)c2n1. The van der Waals surface area contributed by atoms with E-state index in [2.05, 4.69) is 10.3 Å². The number of rotatable bonds is 2. The molecule has 0 radical (unpaired) electrons. The topological polar surface area (TPSA) is 54.5 Å². The number of fused-ring (bicyclic) bond motifs is 1. The molecule has 0 bridgehead atoms. The summed E-state index contributed by atoms with van der Waals surface area (Å²) in [5.41, 5.74) is 1.37. The molecule has 27 heavy (non-hydrogen) atoms. The number of pyridine rings is 1. The Kier molecular flexibility index (Phi) is 5.22. The fourth-order valence-corrected chi connectivity index (χ4v) is 3.27. The van der Waals surface area contributed by atoms with Crippen molar-refractivity contribution in [2.24, 2.45) is 0 Å². The summed E-state index contributed by atoms with van der Waals surface area (Å²) in [5.74, 6) is -0.348. The van der Waals surface area contributed by atoms with Gasteiger partial charge >= 0.3 is 6.09 Å². The lowest BCUT2D eigenvalue weighted by Gasteiger charge is -2.37. The van der Waals surface area contributed by atoms with Gasteiger partial charge in [-0.25, -0.2) is 13.6 Å². The summed E-state index contributed by atoms with van der Waals surface area (Å²) in [6.45, 7) is 7.74. The zero-order valence-electron chi connectivity index (χ0n) is 16.1. The molecule has 7 heteroatoms. The Balaban J connectivity index is 1.75. The number of alkyl halides is 1. The molecular weight excluding hydrogens is 352 g/mol. The van der Waals surface area contributed by atoms with E-state index in [0.29, 0.717) is 29.6 Å². The third-order valence-electron chi connectivity index (χ3n) is 4.51. The molecule has 0 saturated carbocycles. The average molecular weight is 377 g/mol. The highest BCUT2D eigenvalue weighted by molar-refractivity contribution is 5.91. The minimum Gasteiger partial charge on any atom is -0.444 e. The van der Waals surface area contributed by atoms with Gasteiger partial charge in [0.1, 0.15) is 17.6 Å². The van der Waals surface area contributed by atoms with Crippen LogP contribution in [0.5, 0.6) is 0 Å². The number of nitrogens with zero attached hydrogens (tertiary/aromatic N) is 2. The third kappa shape index (κ3) is 4.46. The number of carbonyl (C=O) groups excluding carboxylic acids is 1. The van der Waals surface area contributed by atoms with Crippen LogP contribution in [0.1, 0.15) is 32.9 Å². The van der Waals surface area contributed by atoms with Crippen LogP contribution < -0.4 is 10.2 Å². The van der Waals surface area contributed by atoms with Crippen LogP contribution in [-0.2, 0) is 4.74 Å². The van der Waals surface area contributed by atoms with Gasteiger partial charge in [0.05, 0.1) is 23.8 Å². The molecule has 2 heterocycles. The molecule has 2 aromatic rings. The summed E-state index contributed by atoms with van der Waals surface area (Å²) in [7, 11) is 0. The molecule has 0 spiro atoms. The van der Waals surface area contributed by atoms with E-state index in [4.69, 9.17) is 4.74 Å². The number of halogens is 2. The van der Waals surface area contributed by atoms with E-state index in [1.807, 2.05) is 11.8 Å². The summed E-state index contributed by atoms with van der Waals surface area (Å²) >= 11 is 0. The van der Waals surface area contributed by atoms with Crippen molar-refractivity contribution in [3.63, 3.8) is 0 Å². The maximum absolute atomic E-state index is 14.7. The van der Waals surface area contributed by atoms with Crippen LogP contribution in [0, 0.1) is 12.7 Å². The second-order valence-corrected chi connectivity index (χ2v) is 7.92. The number of piperidine rings is 1. The Morgan fingerprint density at radius 3 is 2.70 bits per heavy atom. The van der Waals surface area contributed by atoms with Crippen LogP contribution in [0.2, 0.25) is 0 Å². The lowest BCUT2D eigenvalue weighted by molar-refractivity contribution is 0.0463. The van der Waals surface area contributed by atoms with Gasteiger partial charge in [-0.1, -0.05) is 0 Å². The molecule has 1 fully saturated rings. The standard InChI is InChI=1S/C20H25F2N3O2/c1-12-5-6-13-14(21)7-8-17(18(13)23-12)25-10-9-16(15(22)11-25)24-19(26)27-20(2,3)4/h5-8,15-16H,9-11H2,1-4H3,(H,24,26)/t15-,16-/m1/s1. The number of benzene rings is 1. The summed E-state index contributed by atoms with van der Waals surface area (Å²) in [5, 5.41) is 3.03. The van der Waals surface area contributed by atoms with Gasteiger partial charge in [0, 0.05) is 17.6 Å². The first-order chi connectivity index (χ1) is 12.6. The average Bonchev–Trinajstić information content (AvgIpc) is 2.55. The smallest absolute Gasteiger partial charge is 0.407 e. The first-order valence-corrected chi connectivity index (χ1v) is 9.08. The molecule has 1 aromatic heterocycles. The Morgan fingerprint density at radius 2 is 2.04 bits per heavy atom. The van der Waals surface area contributed by atoms with E-state index in [1.165, 1.54) is 6.07 Å². The van der Waals surface area contributed by atoms with Gasteiger partial charge < -0.3 is 15.0 Å². The maximum atomic E-state index is 14.7. The van der Waals surface area contributed by atoms with Crippen LogP contribution >= 0.6 is 0 Å². The minimum atomic E-state index is -1.27. The van der Waals surface area contributed by atoms with E-state index >= 15 is 0 Å². The summed E-state index contributed by atoms with van der Waals surface area (Å²) in [6.07, 6.45) is -1.46. The molecule has 1 saturated heterocycles. The van der Waals surface area contributed by atoms with Crippen LogP contribution in [-0.4, -0.2) is 42.0 Å². The number of ether oxygens (including phenoxy) is 1. The van der Waals surface area contributed by atoms with E-state index < -0.39 is 23.9 Å². The van der Waals surface area contributed by atoms with Crippen molar-refractivity contribution in [1.82, 2.24) is 10.3 Å². The van der Waals surface area contributed by atoms with Crippen molar-refractivity contribution < 1.29 is 18.3 Å². The number of amides is 1. The second-order valence-electron chi connectivity index (χ2n) is 7.92. The Hall–Kier alpha value is -2.44. The quantitative estimate of drug-likeness (QED) is 0.855. The monoisotopic (exact) mass is 377 g/mol. The van der Waals surface area contributed by atoms with Gasteiger partial charge in [0.15, 0.2) is 0 Å². The van der Waals surface area contributed by atoms with Crippen LogP contribution in [0.4, 0.5) is 19.3 Å². The fraction of sp³-hybridized carbons (Fsp3) is 0.500. The Morgan fingerprint density at radius 1 is 1.30 bits per heavy atom.